The van der Waals surface area contributed by atoms with Gasteiger partial charge in [-0.25, -0.2) is 10.4 Å². The van der Waals surface area contributed by atoms with Crippen molar-refractivity contribution in [2.24, 2.45) is 10.7 Å². The van der Waals surface area contributed by atoms with Gasteiger partial charge in [0, 0.05) is 6.54 Å². The molecule has 0 radical (unpaired) electrons. The van der Waals surface area contributed by atoms with Crippen LogP contribution in [0, 0.1) is 0 Å². The van der Waals surface area contributed by atoms with Gasteiger partial charge in [-0.15, -0.1) is 0 Å². The van der Waals surface area contributed by atoms with E-state index in [0.717, 1.165) is 11.3 Å². The number of benzene rings is 1. The zero-order valence-corrected chi connectivity index (χ0v) is 8.16. The van der Waals surface area contributed by atoms with Gasteiger partial charge in [-0.2, -0.15) is 0 Å². The molecule has 1 aliphatic heterocycles. The number of Topliss-reactive ketones (excluding diaryl/α,β-unsaturated/α-hetero) is 1. The van der Waals surface area contributed by atoms with E-state index in [9.17, 15) is 4.79 Å². The van der Waals surface area contributed by atoms with Gasteiger partial charge >= 0.3 is 0 Å². The van der Waals surface area contributed by atoms with Gasteiger partial charge < -0.3 is 11.2 Å². The molecule has 0 aliphatic carbocycles. The summed E-state index contributed by atoms with van der Waals surface area (Å²) in [4.78, 5) is 15.4. The van der Waals surface area contributed by atoms with Gasteiger partial charge in [-0.3, -0.25) is 4.79 Å². The SMILES string of the molecule is NCc1cccc(N=C2NNCC2=O)c1. The van der Waals surface area contributed by atoms with Crippen LogP contribution in [0.3, 0.4) is 0 Å². The van der Waals surface area contributed by atoms with Gasteiger partial charge in [0.15, 0.2) is 5.84 Å². The fraction of sp³-hybridized carbons (Fsp3) is 0.200. The van der Waals surface area contributed by atoms with E-state index in [2.05, 4.69) is 15.8 Å². The number of hydrogen-bond acceptors (Lipinski definition) is 4. The number of nitrogens with one attached hydrogen (secondary N) is 2. The second-order valence-corrected chi connectivity index (χ2v) is 3.24. The number of hydrogen-bond donors (Lipinski definition) is 3. The molecule has 1 fully saturated rings. The van der Waals surface area contributed by atoms with Crippen LogP contribution in [-0.4, -0.2) is 18.2 Å². The zero-order valence-electron chi connectivity index (χ0n) is 8.16. The van der Waals surface area contributed by atoms with E-state index in [4.69, 9.17) is 5.73 Å². The van der Waals surface area contributed by atoms with Gasteiger partial charge in [-0.1, -0.05) is 12.1 Å². The first-order valence-electron chi connectivity index (χ1n) is 4.69. The lowest BCUT2D eigenvalue weighted by Gasteiger charge is -1.99. The van der Waals surface area contributed by atoms with Crippen molar-refractivity contribution >= 4 is 17.3 Å². The number of rotatable bonds is 2. The van der Waals surface area contributed by atoms with Crippen LogP contribution in [0.25, 0.3) is 0 Å². The highest BCUT2D eigenvalue weighted by Crippen LogP contribution is 2.14. The molecule has 0 unspecified atom stereocenters. The third-order valence-corrected chi connectivity index (χ3v) is 2.11. The first-order valence-corrected chi connectivity index (χ1v) is 4.69. The smallest absolute Gasteiger partial charge is 0.214 e. The van der Waals surface area contributed by atoms with Gasteiger partial charge in [0.1, 0.15) is 0 Å². The summed E-state index contributed by atoms with van der Waals surface area (Å²) in [6.07, 6.45) is 0. The van der Waals surface area contributed by atoms with Crippen molar-refractivity contribution < 1.29 is 4.79 Å². The first kappa shape index (κ1) is 9.82. The molecule has 1 aliphatic rings. The summed E-state index contributed by atoms with van der Waals surface area (Å²) in [5, 5.41) is 0. The third kappa shape index (κ3) is 2.20. The Morgan fingerprint density at radius 1 is 1.47 bits per heavy atom. The van der Waals surface area contributed by atoms with Crippen molar-refractivity contribution in [2.45, 2.75) is 6.54 Å². The molecule has 1 saturated heterocycles. The second-order valence-electron chi connectivity index (χ2n) is 3.24. The Labute approximate surface area is 87.4 Å². The van der Waals surface area contributed by atoms with Gasteiger partial charge in [0.25, 0.3) is 0 Å². The summed E-state index contributed by atoms with van der Waals surface area (Å²) in [7, 11) is 0. The van der Waals surface area contributed by atoms with E-state index >= 15 is 0 Å². The maximum Gasteiger partial charge on any atom is 0.214 e. The fourth-order valence-corrected chi connectivity index (χ4v) is 1.33. The average molecular weight is 204 g/mol. The minimum absolute atomic E-state index is 0.0341. The van der Waals surface area contributed by atoms with Crippen LogP contribution < -0.4 is 16.6 Å². The van der Waals surface area contributed by atoms with Crippen molar-refractivity contribution in [3.05, 3.63) is 29.8 Å². The van der Waals surface area contributed by atoms with Crippen LogP contribution in [-0.2, 0) is 11.3 Å². The summed E-state index contributed by atoms with van der Waals surface area (Å²) in [5.74, 6) is 0.317. The minimum Gasteiger partial charge on any atom is -0.326 e. The number of amidine groups is 1. The van der Waals surface area contributed by atoms with Crippen LogP contribution in [0.2, 0.25) is 0 Å². The second kappa shape index (κ2) is 4.20. The first-order chi connectivity index (χ1) is 7.29. The Kier molecular flexibility index (Phi) is 2.75. The molecular weight excluding hydrogens is 192 g/mol. The standard InChI is InChI=1S/C10H12N4O/c11-5-7-2-1-3-8(4-7)13-10-9(15)6-12-14-10/h1-4,12H,5-6,11H2,(H,13,14). The van der Waals surface area contributed by atoms with Crippen molar-refractivity contribution in [1.29, 1.82) is 0 Å². The predicted octanol–water partition coefficient (Wildman–Crippen LogP) is -0.148. The lowest BCUT2D eigenvalue weighted by atomic mass is 10.2. The maximum atomic E-state index is 11.3. The molecule has 5 heteroatoms. The van der Waals surface area contributed by atoms with E-state index in [1.54, 1.807) is 0 Å². The van der Waals surface area contributed by atoms with E-state index in [0.29, 0.717) is 12.4 Å². The number of nitrogens with two attached hydrogens (primary N) is 1. The molecule has 15 heavy (non-hydrogen) atoms. The van der Waals surface area contributed by atoms with Crippen molar-refractivity contribution in [3.8, 4) is 0 Å². The Balaban J connectivity index is 2.26. The lowest BCUT2D eigenvalue weighted by Crippen LogP contribution is -2.26. The van der Waals surface area contributed by atoms with Crippen molar-refractivity contribution in [3.63, 3.8) is 0 Å². The summed E-state index contributed by atoms with van der Waals surface area (Å²) in [6, 6.07) is 7.49. The minimum atomic E-state index is -0.0341. The topological polar surface area (TPSA) is 79.5 Å². The van der Waals surface area contributed by atoms with E-state index in [1.165, 1.54) is 0 Å². The normalized spacial score (nSPS) is 18.2. The average Bonchev–Trinajstić information content (AvgIpc) is 2.65. The monoisotopic (exact) mass is 204 g/mol. The molecule has 1 aromatic carbocycles. The Hall–Kier alpha value is -1.72. The molecular formula is C10H12N4O. The summed E-state index contributed by atoms with van der Waals surface area (Å²) < 4.78 is 0. The van der Waals surface area contributed by atoms with Gasteiger partial charge in [0.05, 0.1) is 12.2 Å². The van der Waals surface area contributed by atoms with Crippen molar-refractivity contribution in [2.75, 3.05) is 6.54 Å². The molecule has 5 nitrogen and oxygen atoms in total. The Morgan fingerprint density at radius 2 is 2.33 bits per heavy atom. The number of ketones is 1. The molecule has 1 heterocycles. The number of hydrazine groups is 1. The number of carbonyl (C=O) groups is 1. The third-order valence-electron chi connectivity index (χ3n) is 2.11. The molecule has 0 aromatic heterocycles. The largest absolute Gasteiger partial charge is 0.326 e. The molecule has 0 saturated carbocycles. The van der Waals surface area contributed by atoms with E-state index in [-0.39, 0.29) is 12.3 Å². The van der Waals surface area contributed by atoms with Gasteiger partial charge in [0.2, 0.25) is 5.78 Å². The van der Waals surface area contributed by atoms with Crippen LogP contribution in [0.5, 0.6) is 0 Å². The highest BCUT2D eigenvalue weighted by atomic mass is 16.1. The number of aliphatic imine (C=N–C) groups is 1. The van der Waals surface area contributed by atoms with Crippen molar-refractivity contribution in [1.82, 2.24) is 10.9 Å². The predicted molar refractivity (Wildman–Crippen MR) is 57.6 cm³/mol. The van der Waals surface area contributed by atoms with Crippen LogP contribution >= 0.6 is 0 Å². The fourth-order valence-electron chi connectivity index (χ4n) is 1.33. The van der Waals surface area contributed by atoms with Crippen LogP contribution in [0.1, 0.15) is 5.56 Å². The van der Waals surface area contributed by atoms with E-state index < -0.39 is 0 Å². The van der Waals surface area contributed by atoms with Crippen LogP contribution in [0.4, 0.5) is 5.69 Å². The molecule has 78 valence electrons. The summed E-state index contributed by atoms with van der Waals surface area (Å²) >= 11 is 0. The quantitative estimate of drug-likeness (QED) is 0.626. The summed E-state index contributed by atoms with van der Waals surface area (Å²) in [5.41, 5.74) is 12.7. The molecule has 0 bridgehead atoms. The highest BCUT2D eigenvalue weighted by molar-refractivity contribution is 6.41. The lowest BCUT2D eigenvalue weighted by molar-refractivity contribution is -0.111. The molecule has 1 aromatic rings. The molecule has 0 atom stereocenters. The molecule has 2 rings (SSSR count). The Morgan fingerprint density at radius 3 is 3.00 bits per heavy atom. The zero-order chi connectivity index (χ0) is 10.7. The number of carbonyl (C=O) groups excluding carboxylic acids is 1. The Bertz CT molecular complexity index is 414. The maximum absolute atomic E-state index is 11.3. The molecule has 0 spiro atoms. The van der Waals surface area contributed by atoms with Crippen LogP contribution in [0.15, 0.2) is 29.3 Å². The molecule has 4 N–H and O–H groups in total. The van der Waals surface area contributed by atoms with Gasteiger partial charge in [-0.05, 0) is 17.7 Å². The van der Waals surface area contributed by atoms with E-state index in [1.807, 2.05) is 24.3 Å². The number of nitrogens with zero attached hydrogens (tertiary/aromatic N) is 1. The molecule has 0 amide bonds. The highest BCUT2D eigenvalue weighted by Gasteiger charge is 2.17. The summed E-state index contributed by atoms with van der Waals surface area (Å²) in [6.45, 7) is 0.758.